The number of ether oxygens (including phenoxy) is 1. The third kappa shape index (κ3) is 1.69. The van der Waals surface area contributed by atoms with Gasteiger partial charge in [0, 0.05) is 24.7 Å². The molecule has 0 spiro atoms. The molecule has 1 unspecified atom stereocenters. The molecule has 2 aliphatic rings. The number of hydrogen-bond donors (Lipinski definition) is 1. The summed E-state index contributed by atoms with van der Waals surface area (Å²) in [5.41, 5.74) is 6.24. The van der Waals surface area contributed by atoms with Crippen LogP contribution in [-0.2, 0) is 4.74 Å². The van der Waals surface area contributed by atoms with Crippen molar-refractivity contribution in [1.82, 2.24) is 4.90 Å². The third-order valence-electron chi connectivity index (χ3n) is 4.12. The molecular weight excluding hydrogens is 176 g/mol. The molecule has 14 heavy (non-hydrogen) atoms. The summed E-state index contributed by atoms with van der Waals surface area (Å²) in [5, 5.41) is 0. The quantitative estimate of drug-likeness (QED) is 0.734. The Labute approximate surface area is 86.6 Å². The van der Waals surface area contributed by atoms with Crippen LogP contribution in [0.4, 0.5) is 0 Å². The van der Waals surface area contributed by atoms with Crippen molar-refractivity contribution in [3.63, 3.8) is 0 Å². The molecule has 1 heterocycles. The first-order valence-electron chi connectivity index (χ1n) is 5.79. The summed E-state index contributed by atoms with van der Waals surface area (Å²) in [6.45, 7) is 2.63. The van der Waals surface area contributed by atoms with E-state index in [1.807, 2.05) is 0 Å². The van der Waals surface area contributed by atoms with Crippen molar-refractivity contribution in [1.29, 1.82) is 0 Å². The van der Waals surface area contributed by atoms with Crippen molar-refractivity contribution >= 4 is 0 Å². The highest BCUT2D eigenvalue weighted by Crippen LogP contribution is 2.35. The average molecular weight is 198 g/mol. The second-order valence-corrected chi connectivity index (χ2v) is 4.76. The van der Waals surface area contributed by atoms with Crippen LogP contribution in [0.5, 0.6) is 0 Å². The van der Waals surface area contributed by atoms with E-state index < -0.39 is 0 Å². The van der Waals surface area contributed by atoms with Crippen LogP contribution in [0, 0.1) is 0 Å². The first kappa shape index (κ1) is 10.4. The monoisotopic (exact) mass is 198 g/mol. The molecule has 1 aliphatic heterocycles. The summed E-state index contributed by atoms with van der Waals surface area (Å²) in [5.74, 6) is 0. The summed E-state index contributed by atoms with van der Waals surface area (Å²) in [4.78, 5) is 2.51. The van der Waals surface area contributed by atoms with Crippen LogP contribution in [0.1, 0.15) is 32.1 Å². The fraction of sp³-hybridized carbons (Fsp3) is 1.00. The Bertz CT molecular complexity index is 184. The van der Waals surface area contributed by atoms with Gasteiger partial charge in [-0.3, -0.25) is 4.90 Å². The van der Waals surface area contributed by atoms with E-state index in [1.165, 1.54) is 32.1 Å². The van der Waals surface area contributed by atoms with Gasteiger partial charge in [0.2, 0.25) is 0 Å². The van der Waals surface area contributed by atoms with Gasteiger partial charge >= 0.3 is 0 Å². The van der Waals surface area contributed by atoms with Gasteiger partial charge < -0.3 is 10.5 Å². The molecule has 2 fully saturated rings. The zero-order valence-corrected chi connectivity index (χ0v) is 9.17. The Hall–Kier alpha value is -0.120. The Kier molecular flexibility index (Phi) is 3.10. The maximum atomic E-state index is 5.95. The van der Waals surface area contributed by atoms with Crippen molar-refractivity contribution in [2.24, 2.45) is 5.73 Å². The minimum atomic E-state index is 0.290. The molecule has 3 nitrogen and oxygen atoms in total. The predicted octanol–water partition coefficient (Wildman–Crippen LogP) is 0.979. The third-order valence-corrected chi connectivity index (χ3v) is 4.12. The molecule has 0 aromatic heterocycles. The van der Waals surface area contributed by atoms with Gasteiger partial charge in [-0.1, -0.05) is 12.8 Å². The summed E-state index contributed by atoms with van der Waals surface area (Å²) < 4.78 is 5.44. The van der Waals surface area contributed by atoms with Gasteiger partial charge in [-0.2, -0.15) is 0 Å². The van der Waals surface area contributed by atoms with E-state index in [-0.39, 0.29) is 0 Å². The van der Waals surface area contributed by atoms with Crippen LogP contribution >= 0.6 is 0 Å². The van der Waals surface area contributed by atoms with Gasteiger partial charge in [0.25, 0.3) is 0 Å². The molecule has 1 saturated heterocycles. The van der Waals surface area contributed by atoms with E-state index in [1.54, 1.807) is 0 Å². The predicted molar refractivity (Wildman–Crippen MR) is 57.2 cm³/mol. The van der Waals surface area contributed by atoms with E-state index >= 15 is 0 Å². The Morgan fingerprint density at radius 1 is 1.43 bits per heavy atom. The number of likely N-dealkylation sites (N-methyl/N-ethyl adjacent to an activating group) is 1. The molecule has 82 valence electrons. The van der Waals surface area contributed by atoms with Crippen LogP contribution in [-0.4, -0.2) is 43.3 Å². The number of nitrogens with two attached hydrogens (primary N) is 1. The van der Waals surface area contributed by atoms with E-state index in [4.69, 9.17) is 10.5 Å². The van der Waals surface area contributed by atoms with Crippen LogP contribution in [0.2, 0.25) is 0 Å². The smallest absolute Gasteiger partial charge is 0.0622 e. The first-order chi connectivity index (χ1) is 6.78. The lowest BCUT2D eigenvalue weighted by Crippen LogP contribution is -2.54. The molecule has 2 rings (SSSR count). The van der Waals surface area contributed by atoms with Gasteiger partial charge in [0.15, 0.2) is 0 Å². The minimum absolute atomic E-state index is 0.290. The molecule has 0 amide bonds. The topological polar surface area (TPSA) is 38.5 Å². The lowest BCUT2D eigenvalue weighted by atomic mass is 9.93. The van der Waals surface area contributed by atoms with Crippen LogP contribution < -0.4 is 5.73 Å². The summed E-state index contributed by atoms with van der Waals surface area (Å²) in [6, 6.07) is 0.608. The van der Waals surface area contributed by atoms with Gasteiger partial charge in [0.1, 0.15) is 0 Å². The largest absolute Gasteiger partial charge is 0.380 e. The lowest BCUT2D eigenvalue weighted by Gasteiger charge is -2.41. The standard InChI is InChI=1S/C11H22N2O/c1-13(10-4-7-14-8-10)11(9-12)5-2-3-6-11/h10H,2-9,12H2,1H3. The maximum absolute atomic E-state index is 5.95. The van der Waals surface area contributed by atoms with Crippen molar-refractivity contribution in [2.45, 2.75) is 43.7 Å². The van der Waals surface area contributed by atoms with Crippen molar-refractivity contribution < 1.29 is 4.74 Å². The zero-order valence-electron chi connectivity index (χ0n) is 9.17. The van der Waals surface area contributed by atoms with Gasteiger partial charge in [-0.15, -0.1) is 0 Å². The fourth-order valence-corrected chi connectivity index (χ4v) is 2.95. The molecule has 1 aliphatic carbocycles. The highest BCUT2D eigenvalue weighted by atomic mass is 16.5. The molecular formula is C11H22N2O. The summed E-state index contributed by atoms with van der Waals surface area (Å²) in [6.07, 6.45) is 6.41. The van der Waals surface area contributed by atoms with Gasteiger partial charge in [-0.05, 0) is 26.3 Å². The SMILES string of the molecule is CN(C1CCOC1)C1(CN)CCCC1. The fourth-order valence-electron chi connectivity index (χ4n) is 2.95. The molecule has 2 N–H and O–H groups in total. The molecule has 0 radical (unpaired) electrons. The van der Waals surface area contributed by atoms with E-state index in [2.05, 4.69) is 11.9 Å². The first-order valence-corrected chi connectivity index (χ1v) is 5.79. The lowest BCUT2D eigenvalue weighted by molar-refractivity contribution is 0.0702. The molecule has 3 heteroatoms. The Morgan fingerprint density at radius 2 is 2.14 bits per heavy atom. The molecule has 1 atom stereocenters. The zero-order chi connectivity index (χ0) is 10.0. The van der Waals surface area contributed by atoms with E-state index in [0.717, 1.165) is 19.8 Å². The van der Waals surface area contributed by atoms with Gasteiger partial charge in [-0.25, -0.2) is 0 Å². The van der Waals surface area contributed by atoms with E-state index in [0.29, 0.717) is 11.6 Å². The molecule has 0 bridgehead atoms. The minimum Gasteiger partial charge on any atom is -0.380 e. The summed E-state index contributed by atoms with van der Waals surface area (Å²) in [7, 11) is 2.23. The highest BCUT2D eigenvalue weighted by Gasteiger charge is 2.40. The van der Waals surface area contributed by atoms with Crippen LogP contribution in [0.15, 0.2) is 0 Å². The van der Waals surface area contributed by atoms with Crippen LogP contribution in [0.25, 0.3) is 0 Å². The Morgan fingerprint density at radius 3 is 2.64 bits per heavy atom. The second-order valence-electron chi connectivity index (χ2n) is 4.76. The number of hydrogen-bond acceptors (Lipinski definition) is 3. The molecule has 1 saturated carbocycles. The Balaban J connectivity index is 2.02. The summed E-state index contributed by atoms with van der Waals surface area (Å²) >= 11 is 0. The number of nitrogens with zero attached hydrogens (tertiary/aromatic N) is 1. The second kappa shape index (κ2) is 4.17. The highest BCUT2D eigenvalue weighted by molar-refractivity contribution is 4.97. The van der Waals surface area contributed by atoms with Crippen molar-refractivity contribution in [3.05, 3.63) is 0 Å². The number of rotatable bonds is 3. The average Bonchev–Trinajstić information content (AvgIpc) is 2.89. The maximum Gasteiger partial charge on any atom is 0.0622 e. The molecule has 0 aromatic rings. The van der Waals surface area contributed by atoms with Gasteiger partial charge in [0.05, 0.1) is 6.61 Å². The molecule has 0 aromatic carbocycles. The van der Waals surface area contributed by atoms with Crippen molar-refractivity contribution in [3.8, 4) is 0 Å². The van der Waals surface area contributed by atoms with Crippen LogP contribution in [0.3, 0.4) is 0 Å². The van der Waals surface area contributed by atoms with Crippen molar-refractivity contribution in [2.75, 3.05) is 26.8 Å². The normalized spacial score (nSPS) is 31.5. The van der Waals surface area contributed by atoms with E-state index in [9.17, 15) is 0 Å².